The van der Waals surface area contributed by atoms with Gasteiger partial charge < -0.3 is 10.6 Å². The van der Waals surface area contributed by atoms with E-state index in [0.717, 1.165) is 18.5 Å². The summed E-state index contributed by atoms with van der Waals surface area (Å²) in [4.78, 5) is 11.8. The van der Waals surface area contributed by atoms with Crippen LogP contribution >= 0.6 is 0 Å². The van der Waals surface area contributed by atoms with E-state index in [4.69, 9.17) is 0 Å². The highest BCUT2D eigenvalue weighted by atomic mass is 16.2. The first-order valence-corrected chi connectivity index (χ1v) is 8.20. The molecular weight excluding hydrogens is 264 g/mol. The third-order valence-corrected chi connectivity index (χ3v) is 4.76. The Morgan fingerprint density at radius 3 is 2.67 bits per heavy atom. The third kappa shape index (κ3) is 3.77. The van der Waals surface area contributed by atoms with Crippen LogP contribution in [-0.2, 0) is 11.3 Å². The van der Waals surface area contributed by atoms with Crippen LogP contribution in [0.3, 0.4) is 0 Å². The molecule has 1 amide bonds. The smallest absolute Gasteiger partial charge is 0.241 e. The Hall–Kier alpha value is -1.52. The van der Waals surface area contributed by atoms with E-state index in [0.29, 0.717) is 30.5 Å². The average Bonchev–Trinajstić information content (AvgIpc) is 3.13. The molecule has 3 rings (SSSR count). The monoisotopic (exact) mass is 290 g/mol. The Bertz CT molecular complexity index is 484. The number of hydrogen-bond donors (Lipinski definition) is 2. The molecule has 2 atom stereocenters. The summed E-state index contributed by atoms with van der Waals surface area (Å²) in [5, 5.41) is 10.9. The molecule has 2 saturated carbocycles. The van der Waals surface area contributed by atoms with Gasteiger partial charge in [-0.25, -0.2) is 0 Å². The highest BCUT2D eigenvalue weighted by molar-refractivity contribution is 5.76. The first-order chi connectivity index (χ1) is 10.1. The number of amides is 1. The number of anilines is 1. The zero-order valence-electron chi connectivity index (χ0n) is 13.0. The van der Waals surface area contributed by atoms with Crippen LogP contribution in [0.5, 0.6) is 0 Å². The molecule has 1 aromatic heterocycles. The number of carbonyl (C=O) groups excluding carboxylic acids is 1. The van der Waals surface area contributed by atoms with Gasteiger partial charge in [0, 0.05) is 18.3 Å². The van der Waals surface area contributed by atoms with Crippen LogP contribution in [0.2, 0.25) is 0 Å². The molecule has 0 bridgehead atoms. The minimum Gasteiger partial charge on any atom is -0.379 e. The fourth-order valence-electron chi connectivity index (χ4n) is 3.33. The molecule has 0 spiro atoms. The number of hydrogen-bond acceptors (Lipinski definition) is 3. The highest BCUT2D eigenvalue weighted by Crippen LogP contribution is 2.31. The van der Waals surface area contributed by atoms with Crippen LogP contribution < -0.4 is 10.6 Å². The van der Waals surface area contributed by atoms with Crippen molar-refractivity contribution in [3.05, 3.63) is 12.4 Å². The van der Waals surface area contributed by atoms with Gasteiger partial charge in [0.2, 0.25) is 5.91 Å². The second-order valence-corrected chi connectivity index (χ2v) is 6.82. The maximum absolute atomic E-state index is 11.8. The first kappa shape index (κ1) is 14.4. The summed E-state index contributed by atoms with van der Waals surface area (Å²) < 4.78 is 1.72. The van der Waals surface area contributed by atoms with E-state index < -0.39 is 0 Å². The molecule has 116 valence electrons. The number of carbonyl (C=O) groups is 1. The normalized spacial score (nSPS) is 29.1. The van der Waals surface area contributed by atoms with E-state index >= 15 is 0 Å². The SMILES string of the molecule is CC1CCCC(C)C1Nc1cnn(CC(=O)NC2CC2)c1. The van der Waals surface area contributed by atoms with Crippen molar-refractivity contribution in [1.82, 2.24) is 15.1 Å². The molecular formula is C16H26N4O. The Kier molecular flexibility index (Phi) is 4.17. The Balaban J connectivity index is 1.55. The van der Waals surface area contributed by atoms with Gasteiger partial charge in [-0.2, -0.15) is 5.10 Å². The van der Waals surface area contributed by atoms with Gasteiger partial charge in [0.05, 0.1) is 11.9 Å². The number of nitrogens with one attached hydrogen (secondary N) is 2. The van der Waals surface area contributed by atoms with Crippen molar-refractivity contribution in [3.8, 4) is 0 Å². The quantitative estimate of drug-likeness (QED) is 0.875. The molecule has 0 aromatic carbocycles. The van der Waals surface area contributed by atoms with Crippen LogP contribution in [0, 0.1) is 11.8 Å². The molecule has 0 aliphatic heterocycles. The fraction of sp³-hybridized carbons (Fsp3) is 0.750. The molecule has 5 nitrogen and oxygen atoms in total. The Morgan fingerprint density at radius 2 is 2.00 bits per heavy atom. The lowest BCUT2D eigenvalue weighted by Gasteiger charge is -2.35. The van der Waals surface area contributed by atoms with Crippen LogP contribution in [0.25, 0.3) is 0 Å². The number of aromatic nitrogens is 2. The second kappa shape index (κ2) is 6.08. The Labute approximate surface area is 126 Å². The van der Waals surface area contributed by atoms with Gasteiger partial charge in [0.1, 0.15) is 6.54 Å². The van der Waals surface area contributed by atoms with Crippen LogP contribution in [0.4, 0.5) is 5.69 Å². The van der Waals surface area contributed by atoms with Crippen molar-refractivity contribution in [3.63, 3.8) is 0 Å². The summed E-state index contributed by atoms with van der Waals surface area (Å²) in [6.07, 6.45) is 9.93. The molecule has 2 aliphatic rings. The molecule has 1 aromatic rings. The summed E-state index contributed by atoms with van der Waals surface area (Å²) in [5.41, 5.74) is 1.03. The largest absolute Gasteiger partial charge is 0.379 e. The molecule has 2 fully saturated rings. The predicted octanol–water partition coefficient (Wildman–Crippen LogP) is 2.40. The average molecular weight is 290 g/mol. The van der Waals surface area contributed by atoms with Gasteiger partial charge in [0.15, 0.2) is 0 Å². The summed E-state index contributed by atoms with van der Waals surface area (Å²) in [5.74, 6) is 1.44. The topological polar surface area (TPSA) is 59.0 Å². The minimum absolute atomic E-state index is 0.0616. The molecule has 5 heteroatoms. The van der Waals surface area contributed by atoms with Gasteiger partial charge in [-0.05, 0) is 37.5 Å². The van der Waals surface area contributed by atoms with Crippen molar-refractivity contribution >= 4 is 11.6 Å². The van der Waals surface area contributed by atoms with E-state index in [1.54, 1.807) is 4.68 Å². The van der Waals surface area contributed by atoms with Gasteiger partial charge in [-0.15, -0.1) is 0 Å². The standard InChI is InChI=1S/C16H26N4O/c1-11-4-3-5-12(2)16(11)19-14-8-17-20(9-14)10-15(21)18-13-6-7-13/h8-9,11-13,16,19H,3-7,10H2,1-2H3,(H,18,21). The lowest BCUT2D eigenvalue weighted by molar-refractivity contribution is -0.122. The zero-order chi connectivity index (χ0) is 14.8. The van der Waals surface area contributed by atoms with Gasteiger partial charge in [-0.1, -0.05) is 20.3 Å². The molecule has 2 N–H and O–H groups in total. The second-order valence-electron chi connectivity index (χ2n) is 6.82. The molecule has 0 radical (unpaired) electrons. The lowest BCUT2D eigenvalue weighted by Crippen LogP contribution is -2.36. The van der Waals surface area contributed by atoms with E-state index in [1.807, 2.05) is 12.4 Å². The molecule has 2 unspecified atom stereocenters. The van der Waals surface area contributed by atoms with Crippen LogP contribution in [0.15, 0.2) is 12.4 Å². The summed E-state index contributed by atoms with van der Waals surface area (Å²) in [7, 11) is 0. The van der Waals surface area contributed by atoms with E-state index in [1.165, 1.54) is 19.3 Å². The van der Waals surface area contributed by atoms with Crippen molar-refractivity contribution in [2.45, 2.75) is 64.6 Å². The van der Waals surface area contributed by atoms with Gasteiger partial charge in [-0.3, -0.25) is 9.48 Å². The van der Waals surface area contributed by atoms with E-state index in [2.05, 4.69) is 29.6 Å². The van der Waals surface area contributed by atoms with E-state index in [9.17, 15) is 4.79 Å². The van der Waals surface area contributed by atoms with Gasteiger partial charge in [0.25, 0.3) is 0 Å². The number of rotatable bonds is 5. The molecule has 2 aliphatic carbocycles. The maximum atomic E-state index is 11.8. The van der Waals surface area contributed by atoms with Crippen molar-refractivity contribution in [1.29, 1.82) is 0 Å². The van der Waals surface area contributed by atoms with Gasteiger partial charge >= 0.3 is 0 Å². The zero-order valence-corrected chi connectivity index (χ0v) is 13.0. The highest BCUT2D eigenvalue weighted by Gasteiger charge is 2.28. The maximum Gasteiger partial charge on any atom is 0.241 e. The minimum atomic E-state index is 0.0616. The summed E-state index contributed by atoms with van der Waals surface area (Å²) >= 11 is 0. The molecule has 21 heavy (non-hydrogen) atoms. The van der Waals surface area contributed by atoms with Crippen molar-refractivity contribution in [2.24, 2.45) is 11.8 Å². The van der Waals surface area contributed by atoms with Crippen molar-refractivity contribution in [2.75, 3.05) is 5.32 Å². The Morgan fingerprint density at radius 1 is 1.29 bits per heavy atom. The molecule has 0 saturated heterocycles. The third-order valence-electron chi connectivity index (χ3n) is 4.76. The summed E-state index contributed by atoms with van der Waals surface area (Å²) in [6.45, 7) is 4.95. The molecule has 1 heterocycles. The van der Waals surface area contributed by atoms with Crippen LogP contribution in [0.1, 0.15) is 46.0 Å². The first-order valence-electron chi connectivity index (χ1n) is 8.20. The predicted molar refractivity (Wildman–Crippen MR) is 83.0 cm³/mol. The van der Waals surface area contributed by atoms with Crippen LogP contribution in [-0.4, -0.2) is 27.8 Å². The van der Waals surface area contributed by atoms with E-state index in [-0.39, 0.29) is 5.91 Å². The summed E-state index contributed by atoms with van der Waals surface area (Å²) in [6, 6.07) is 0.922. The van der Waals surface area contributed by atoms with Crippen molar-refractivity contribution < 1.29 is 4.79 Å². The number of nitrogens with zero attached hydrogens (tertiary/aromatic N) is 2. The fourth-order valence-corrected chi connectivity index (χ4v) is 3.33. The lowest BCUT2D eigenvalue weighted by atomic mass is 9.78.